The number of hydrogen-bond acceptors (Lipinski definition) is 4. The summed E-state index contributed by atoms with van der Waals surface area (Å²) in [5, 5.41) is 11.5. The fourth-order valence-electron chi connectivity index (χ4n) is 2.93. The van der Waals surface area contributed by atoms with Gasteiger partial charge in [0.1, 0.15) is 12.4 Å². The highest BCUT2D eigenvalue weighted by atomic mass is 16.5. The highest BCUT2D eigenvalue weighted by Gasteiger charge is 2.04. The van der Waals surface area contributed by atoms with E-state index in [1.54, 1.807) is 6.08 Å². The molecule has 0 saturated heterocycles. The lowest BCUT2D eigenvalue weighted by Gasteiger charge is -2.07. The number of fused-ring (bicyclic) bond motifs is 1. The number of unbranched alkanes of at least 4 members (excludes halogenated alkanes) is 1. The molecule has 0 amide bonds. The average Bonchev–Trinajstić information content (AvgIpc) is 2.71. The summed E-state index contributed by atoms with van der Waals surface area (Å²) in [5.41, 5.74) is 1.96. The summed E-state index contributed by atoms with van der Waals surface area (Å²) in [5.74, 6) is 1.54. The number of nitrogens with zero attached hydrogens (tertiary/aromatic N) is 2. The maximum absolute atomic E-state index is 9.27. The fraction of sp³-hybridized carbons (Fsp3) is 0.250. The van der Waals surface area contributed by atoms with E-state index in [1.165, 1.54) is 0 Å². The summed E-state index contributed by atoms with van der Waals surface area (Å²) < 4.78 is 5.59. The lowest BCUT2D eigenvalue weighted by Crippen LogP contribution is -1.97. The van der Waals surface area contributed by atoms with Crippen LogP contribution in [0.15, 0.2) is 67.5 Å². The lowest BCUT2D eigenvalue weighted by molar-refractivity contribution is 0.182. The van der Waals surface area contributed by atoms with Gasteiger partial charge >= 0.3 is 0 Å². The zero-order chi connectivity index (χ0) is 19.8. The Labute approximate surface area is 166 Å². The predicted molar refractivity (Wildman–Crippen MR) is 115 cm³/mol. The number of rotatable bonds is 9. The third kappa shape index (κ3) is 5.51. The van der Waals surface area contributed by atoms with Gasteiger partial charge in [-0.1, -0.05) is 43.0 Å². The summed E-state index contributed by atoms with van der Waals surface area (Å²) in [6.45, 7) is 5.98. The Morgan fingerprint density at radius 3 is 2.61 bits per heavy atom. The molecule has 3 rings (SSSR count). The molecular formula is C24H26N2O2. The number of aliphatic hydroxyl groups excluding tert-OH is 1. The molecule has 4 heteroatoms. The van der Waals surface area contributed by atoms with Gasteiger partial charge < -0.3 is 9.84 Å². The summed E-state index contributed by atoms with van der Waals surface area (Å²) >= 11 is 0. The van der Waals surface area contributed by atoms with Crippen LogP contribution in [-0.2, 0) is 0 Å². The number of benzene rings is 2. The molecule has 0 fully saturated rings. The van der Waals surface area contributed by atoms with E-state index in [9.17, 15) is 5.11 Å². The van der Waals surface area contributed by atoms with Crippen LogP contribution in [0.25, 0.3) is 28.2 Å². The Morgan fingerprint density at radius 2 is 1.86 bits per heavy atom. The van der Waals surface area contributed by atoms with E-state index in [2.05, 4.69) is 34.8 Å². The van der Waals surface area contributed by atoms with Gasteiger partial charge in [0, 0.05) is 23.5 Å². The van der Waals surface area contributed by atoms with E-state index in [0.717, 1.165) is 46.9 Å². The average molecular weight is 374 g/mol. The third-order valence-electron chi connectivity index (χ3n) is 4.41. The van der Waals surface area contributed by atoms with E-state index in [-0.39, 0.29) is 6.10 Å². The Bertz CT molecular complexity index is 946. The molecule has 1 unspecified atom stereocenters. The molecule has 1 aromatic heterocycles. The van der Waals surface area contributed by atoms with Crippen molar-refractivity contribution >= 4 is 16.8 Å². The molecule has 144 valence electrons. The second-order valence-electron chi connectivity index (χ2n) is 6.85. The van der Waals surface area contributed by atoms with Crippen molar-refractivity contribution in [3.05, 3.63) is 73.1 Å². The van der Waals surface area contributed by atoms with E-state index < -0.39 is 0 Å². The van der Waals surface area contributed by atoms with Crippen molar-refractivity contribution in [2.45, 2.75) is 32.3 Å². The van der Waals surface area contributed by atoms with Crippen molar-refractivity contribution < 1.29 is 9.84 Å². The topological polar surface area (TPSA) is 55.2 Å². The lowest BCUT2D eigenvalue weighted by atomic mass is 10.1. The highest BCUT2D eigenvalue weighted by Crippen LogP contribution is 2.25. The van der Waals surface area contributed by atoms with Gasteiger partial charge in [-0.05, 0) is 55.2 Å². The molecule has 3 aromatic rings. The molecule has 1 heterocycles. The Kier molecular flexibility index (Phi) is 6.93. The SMILES string of the molecule is C=CCOc1ccc2cc(-c3ncc(C=CCCCC(C)O)cn3)ccc2c1. The van der Waals surface area contributed by atoms with Crippen molar-refractivity contribution in [1.29, 1.82) is 0 Å². The van der Waals surface area contributed by atoms with Crippen LogP contribution in [0.2, 0.25) is 0 Å². The largest absolute Gasteiger partial charge is 0.490 e. The first-order valence-electron chi connectivity index (χ1n) is 9.60. The summed E-state index contributed by atoms with van der Waals surface area (Å²) in [7, 11) is 0. The van der Waals surface area contributed by atoms with Crippen LogP contribution in [0.1, 0.15) is 31.7 Å². The van der Waals surface area contributed by atoms with Crippen molar-refractivity contribution in [2.24, 2.45) is 0 Å². The first kappa shape index (κ1) is 19.8. The Morgan fingerprint density at radius 1 is 1.11 bits per heavy atom. The predicted octanol–water partition coefficient (Wildman–Crippen LogP) is 5.43. The molecule has 0 bridgehead atoms. The van der Waals surface area contributed by atoms with Crippen LogP contribution in [0.3, 0.4) is 0 Å². The standard InChI is InChI=1S/C24H26N2O2/c1-3-13-28-23-12-11-20-14-22(10-9-21(20)15-23)24-25-16-19(17-26-24)8-6-4-5-7-18(2)27/h3,6,8-12,14-18,27H,1,4-5,7,13H2,2H3. The van der Waals surface area contributed by atoms with E-state index in [1.807, 2.05) is 49.7 Å². The van der Waals surface area contributed by atoms with Gasteiger partial charge in [0.25, 0.3) is 0 Å². The number of aromatic nitrogens is 2. The van der Waals surface area contributed by atoms with Crippen molar-refractivity contribution in [3.63, 3.8) is 0 Å². The smallest absolute Gasteiger partial charge is 0.159 e. The van der Waals surface area contributed by atoms with Gasteiger partial charge in [-0.2, -0.15) is 0 Å². The van der Waals surface area contributed by atoms with Crippen LogP contribution in [-0.4, -0.2) is 27.8 Å². The molecule has 1 N–H and O–H groups in total. The van der Waals surface area contributed by atoms with Crippen LogP contribution in [0, 0.1) is 0 Å². The monoisotopic (exact) mass is 374 g/mol. The Balaban J connectivity index is 1.68. The van der Waals surface area contributed by atoms with Gasteiger partial charge in [-0.15, -0.1) is 0 Å². The molecule has 0 spiro atoms. The zero-order valence-electron chi connectivity index (χ0n) is 16.2. The maximum Gasteiger partial charge on any atom is 0.159 e. The third-order valence-corrected chi connectivity index (χ3v) is 4.41. The molecule has 1 atom stereocenters. The zero-order valence-corrected chi connectivity index (χ0v) is 16.2. The quantitative estimate of drug-likeness (QED) is 0.401. The number of ether oxygens (including phenoxy) is 1. The van der Waals surface area contributed by atoms with E-state index in [0.29, 0.717) is 12.4 Å². The highest BCUT2D eigenvalue weighted by molar-refractivity contribution is 5.87. The first-order valence-corrected chi connectivity index (χ1v) is 9.60. The molecule has 0 aliphatic rings. The molecule has 4 nitrogen and oxygen atoms in total. The van der Waals surface area contributed by atoms with E-state index in [4.69, 9.17) is 4.74 Å². The van der Waals surface area contributed by atoms with Crippen molar-refractivity contribution in [1.82, 2.24) is 9.97 Å². The van der Waals surface area contributed by atoms with Crippen LogP contribution < -0.4 is 4.74 Å². The van der Waals surface area contributed by atoms with Gasteiger partial charge in [0.15, 0.2) is 5.82 Å². The van der Waals surface area contributed by atoms with Crippen LogP contribution in [0.5, 0.6) is 5.75 Å². The van der Waals surface area contributed by atoms with Crippen LogP contribution >= 0.6 is 0 Å². The Hall–Kier alpha value is -2.98. The van der Waals surface area contributed by atoms with Gasteiger partial charge in [-0.25, -0.2) is 9.97 Å². The first-order chi connectivity index (χ1) is 13.7. The van der Waals surface area contributed by atoms with Gasteiger partial charge in [0.05, 0.1) is 6.10 Å². The van der Waals surface area contributed by atoms with Gasteiger partial charge in [0.2, 0.25) is 0 Å². The molecule has 0 saturated carbocycles. The minimum atomic E-state index is -0.232. The van der Waals surface area contributed by atoms with Gasteiger partial charge in [-0.3, -0.25) is 0 Å². The number of aliphatic hydroxyl groups is 1. The second-order valence-corrected chi connectivity index (χ2v) is 6.85. The molecule has 0 aliphatic carbocycles. The summed E-state index contributed by atoms with van der Waals surface area (Å²) in [6, 6.07) is 12.2. The summed E-state index contributed by atoms with van der Waals surface area (Å²) in [4.78, 5) is 9.01. The minimum absolute atomic E-state index is 0.232. The summed E-state index contributed by atoms with van der Waals surface area (Å²) in [6.07, 6.45) is 12.0. The second kappa shape index (κ2) is 9.81. The van der Waals surface area contributed by atoms with E-state index >= 15 is 0 Å². The van der Waals surface area contributed by atoms with Crippen LogP contribution in [0.4, 0.5) is 0 Å². The number of hydrogen-bond donors (Lipinski definition) is 1. The molecule has 0 radical (unpaired) electrons. The van der Waals surface area contributed by atoms with Crippen molar-refractivity contribution in [2.75, 3.05) is 6.61 Å². The van der Waals surface area contributed by atoms with Crippen molar-refractivity contribution in [3.8, 4) is 17.1 Å². The molecule has 0 aliphatic heterocycles. The molecule has 2 aromatic carbocycles. The maximum atomic E-state index is 9.27. The molecular weight excluding hydrogens is 348 g/mol. The minimum Gasteiger partial charge on any atom is -0.490 e. The molecule has 28 heavy (non-hydrogen) atoms. The fourth-order valence-corrected chi connectivity index (χ4v) is 2.93. The number of allylic oxidation sites excluding steroid dienone is 1. The normalized spacial score (nSPS) is 12.4.